The molecule has 1 aromatic heterocycles. The maximum absolute atomic E-state index is 13.3. The third-order valence-corrected chi connectivity index (χ3v) is 6.32. The average molecular weight is 514 g/mol. The second kappa shape index (κ2) is 11.0. The maximum atomic E-state index is 13.3. The number of nitrogens with one attached hydrogen (secondary N) is 2. The molecule has 1 saturated carbocycles. The van der Waals surface area contributed by atoms with Gasteiger partial charge in [-0.25, -0.2) is 4.98 Å². The molecule has 1 aliphatic heterocycles. The van der Waals surface area contributed by atoms with Gasteiger partial charge in [0.2, 0.25) is 5.95 Å². The molecule has 0 bridgehead atoms. The third kappa shape index (κ3) is 5.81. The normalized spacial score (nSPS) is 15.7. The maximum Gasteiger partial charge on any atom is 0.416 e. The zero-order chi connectivity index (χ0) is 25.8. The van der Waals surface area contributed by atoms with E-state index in [0.717, 1.165) is 11.6 Å². The van der Waals surface area contributed by atoms with E-state index in [4.69, 9.17) is 16.3 Å². The number of aromatic nitrogens is 2. The highest BCUT2D eigenvalue weighted by atomic mass is 35.5. The molecular formula is C24H31ClF3N5O2. The fourth-order valence-electron chi connectivity index (χ4n) is 4.05. The first-order chi connectivity index (χ1) is 16.7. The summed E-state index contributed by atoms with van der Waals surface area (Å²) in [5.41, 5.74) is 0.691. The lowest BCUT2D eigenvalue weighted by Crippen LogP contribution is -2.38. The first-order valence-electron chi connectivity index (χ1n) is 11.6. The number of alkyl halides is 4. The Morgan fingerprint density at radius 3 is 2.51 bits per heavy atom. The summed E-state index contributed by atoms with van der Waals surface area (Å²) in [4.78, 5) is 23.7. The van der Waals surface area contributed by atoms with Gasteiger partial charge >= 0.3 is 6.18 Å². The van der Waals surface area contributed by atoms with Gasteiger partial charge in [-0.2, -0.15) is 18.2 Å². The van der Waals surface area contributed by atoms with Crippen molar-refractivity contribution in [1.82, 2.24) is 14.9 Å². The number of fused-ring (bicyclic) bond motifs is 1. The van der Waals surface area contributed by atoms with Crippen LogP contribution in [0.4, 0.5) is 24.9 Å². The van der Waals surface area contributed by atoms with Crippen LogP contribution < -0.4 is 10.6 Å². The number of amides is 1. The summed E-state index contributed by atoms with van der Waals surface area (Å²) < 4.78 is 45.3. The molecule has 2 aliphatic rings. The Morgan fingerprint density at radius 2 is 1.91 bits per heavy atom. The molecule has 7 nitrogen and oxygen atoms in total. The molecule has 2 N–H and O–H groups in total. The summed E-state index contributed by atoms with van der Waals surface area (Å²) >= 11 is 5.76. The van der Waals surface area contributed by atoms with Crippen LogP contribution in [0, 0.1) is 6.92 Å². The largest absolute Gasteiger partial charge is 0.416 e. The summed E-state index contributed by atoms with van der Waals surface area (Å²) in [6.45, 7) is 6.66. The van der Waals surface area contributed by atoms with E-state index < -0.39 is 17.3 Å². The molecule has 192 valence electrons. The van der Waals surface area contributed by atoms with Crippen molar-refractivity contribution in [3.63, 3.8) is 0 Å². The topological polar surface area (TPSA) is 79.4 Å². The summed E-state index contributed by atoms with van der Waals surface area (Å²) in [5.74, 6) is 1.09. The van der Waals surface area contributed by atoms with E-state index in [9.17, 15) is 18.0 Å². The van der Waals surface area contributed by atoms with Crippen LogP contribution in [0.15, 0.2) is 18.2 Å². The number of rotatable bonds is 8. The van der Waals surface area contributed by atoms with Crippen LogP contribution in [-0.4, -0.2) is 45.9 Å². The second-order valence-electron chi connectivity index (χ2n) is 8.24. The first kappa shape index (κ1) is 27.0. The van der Waals surface area contributed by atoms with Crippen LogP contribution >= 0.6 is 11.6 Å². The summed E-state index contributed by atoms with van der Waals surface area (Å²) in [5, 5.41) is 6.19. The Kier molecular flexibility index (Phi) is 8.48. The smallest absolute Gasteiger partial charge is 0.368 e. The number of carbonyl (C=O) groups excluding carboxylic acids is 1. The minimum absolute atomic E-state index is 0.0852. The molecule has 0 radical (unpaired) electrons. The van der Waals surface area contributed by atoms with Crippen LogP contribution in [0.3, 0.4) is 0 Å². The number of carbonyl (C=O) groups is 1. The number of ether oxygens (including phenoxy) is 1. The predicted molar refractivity (Wildman–Crippen MR) is 129 cm³/mol. The number of nitrogens with zero attached hydrogens (tertiary/aromatic N) is 3. The standard InChI is InChI=1S/C22H25ClF3N5O2.C2H6/c1-13-14(4-3-5-16(13)22(24,25)26)10-28-18-15-11-31(19(32)21(33-2)6-7-21)12-17(15)29-20(30-18)27-9-8-23;1-2/h3-5H,6-12H2,1-2H3,(H2,27,28,29,30);1-2H3. The molecule has 2 heterocycles. The van der Waals surface area contributed by atoms with Crippen LogP contribution in [-0.2, 0) is 35.3 Å². The van der Waals surface area contributed by atoms with Crippen LogP contribution in [0.2, 0.25) is 0 Å². The van der Waals surface area contributed by atoms with Crippen molar-refractivity contribution in [1.29, 1.82) is 0 Å². The molecule has 1 fully saturated rings. The summed E-state index contributed by atoms with van der Waals surface area (Å²) in [6.07, 6.45) is -3.05. The molecular weight excluding hydrogens is 483 g/mol. The Balaban J connectivity index is 0.00000167. The van der Waals surface area contributed by atoms with E-state index in [0.29, 0.717) is 61.4 Å². The van der Waals surface area contributed by atoms with Gasteiger partial charge in [-0.15, -0.1) is 11.6 Å². The minimum atomic E-state index is -4.42. The van der Waals surface area contributed by atoms with E-state index in [2.05, 4.69) is 20.6 Å². The molecule has 35 heavy (non-hydrogen) atoms. The molecule has 4 rings (SSSR count). The van der Waals surface area contributed by atoms with E-state index >= 15 is 0 Å². The van der Waals surface area contributed by atoms with Gasteiger partial charge < -0.3 is 20.3 Å². The summed E-state index contributed by atoms with van der Waals surface area (Å²) in [6, 6.07) is 4.12. The van der Waals surface area contributed by atoms with E-state index in [1.54, 1.807) is 11.0 Å². The average Bonchev–Trinajstić information content (AvgIpc) is 3.53. The van der Waals surface area contributed by atoms with Gasteiger partial charge in [0, 0.05) is 31.6 Å². The highest BCUT2D eigenvalue weighted by Crippen LogP contribution is 2.42. The fourth-order valence-corrected chi connectivity index (χ4v) is 4.15. The van der Waals surface area contributed by atoms with Gasteiger partial charge in [0.1, 0.15) is 11.4 Å². The second-order valence-corrected chi connectivity index (χ2v) is 8.62. The van der Waals surface area contributed by atoms with Crippen molar-refractivity contribution in [3.8, 4) is 0 Å². The molecule has 1 aromatic carbocycles. The highest BCUT2D eigenvalue weighted by Gasteiger charge is 2.53. The molecule has 11 heteroatoms. The van der Waals surface area contributed by atoms with Gasteiger partial charge in [0.15, 0.2) is 0 Å². The van der Waals surface area contributed by atoms with Crippen LogP contribution in [0.1, 0.15) is 54.6 Å². The quantitative estimate of drug-likeness (QED) is 0.477. The highest BCUT2D eigenvalue weighted by molar-refractivity contribution is 6.18. The van der Waals surface area contributed by atoms with Crippen molar-refractivity contribution in [2.75, 3.05) is 30.2 Å². The van der Waals surface area contributed by atoms with Gasteiger partial charge in [0.25, 0.3) is 5.91 Å². The van der Waals surface area contributed by atoms with Crippen molar-refractivity contribution >= 4 is 29.3 Å². The van der Waals surface area contributed by atoms with E-state index in [1.807, 2.05) is 13.8 Å². The van der Waals surface area contributed by atoms with Gasteiger partial charge in [-0.1, -0.05) is 26.0 Å². The van der Waals surface area contributed by atoms with E-state index in [-0.39, 0.29) is 18.0 Å². The lowest BCUT2D eigenvalue weighted by Gasteiger charge is -2.21. The first-order valence-corrected chi connectivity index (χ1v) is 12.2. The molecule has 0 unspecified atom stereocenters. The van der Waals surface area contributed by atoms with Crippen molar-refractivity contribution in [2.45, 2.75) is 65.0 Å². The van der Waals surface area contributed by atoms with Crippen LogP contribution in [0.25, 0.3) is 0 Å². The zero-order valence-corrected chi connectivity index (χ0v) is 21.1. The lowest BCUT2D eigenvalue weighted by atomic mass is 10.0. The number of hydrogen-bond donors (Lipinski definition) is 2. The van der Waals surface area contributed by atoms with Gasteiger partial charge in [-0.05, 0) is 37.0 Å². The van der Waals surface area contributed by atoms with Crippen LogP contribution in [0.5, 0.6) is 0 Å². The van der Waals surface area contributed by atoms with Crippen molar-refractivity contribution < 1.29 is 22.7 Å². The Hall–Kier alpha value is -2.59. The molecule has 1 aliphatic carbocycles. The van der Waals surface area contributed by atoms with Gasteiger partial charge in [0.05, 0.1) is 24.3 Å². The van der Waals surface area contributed by atoms with E-state index in [1.165, 1.54) is 20.1 Å². The van der Waals surface area contributed by atoms with Crippen molar-refractivity contribution in [2.24, 2.45) is 0 Å². The monoisotopic (exact) mass is 513 g/mol. The number of hydrogen-bond acceptors (Lipinski definition) is 6. The minimum Gasteiger partial charge on any atom is -0.368 e. The Morgan fingerprint density at radius 1 is 1.20 bits per heavy atom. The summed E-state index contributed by atoms with van der Waals surface area (Å²) in [7, 11) is 1.53. The number of benzene rings is 1. The zero-order valence-electron chi connectivity index (χ0n) is 20.4. The number of methoxy groups -OCH3 is 1. The predicted octanol–water partition coefficient (Wildman–Crippen LogP) is 5.11. The number of anilines is 2. The molecule has 0 spiro atoms. The molecule has 0 atom stereocenters. The molecule has 1 amide bonds. The SMILES string of the molecule is CC.COC1(C(=O)N2Cc3nc(NCCCl)nc(NCc4cccc(C(F)(F)F)c4C)c3C2)CC1. The lowest BCUT2D eigenvalue weighted by molar-refractivity contribution is -0.145. The van der Waals surface area contributed by atoms with Gasteiger partial charge in [-0.3, -0.25) is 4.79 Å². The fraction of sp³-hybridized carbons (Fsp3) is 0.542. The number of halogens is 4. The molecule has 2 aromatic rings. The van der Waals surface area contributed by atoms with Crippen molar-refractivity contribution in [3.05, 3.63) is 46.1 Å². The Labute approximate surface area is 208 Å². The third-order valence-electron chi connectivity index (χ3n) is 6.13. The molecule has 0 saturated heterocycles. The Bertz CT molecular complexity index is 1060.